The van der Waals surface area contributed by atoms with Gasteiger partial charge >= 0.3 is 11.9 Å². The van der Waals surface area contributed by atoms with Crippen LogP contribution in [-0.4, -0.2) is 154 Å². The van der Waals surface area contributed by atoms with Gasteiger partial charge < -0.3 is 63.6 Å². The van der Waals surface area contributed by atoms with Gasteiger partial charge in [-0.1, -0.05) is 12.1 Å². The van der Waals surface area contributed by atoms with Crippen LogP contribution in [-0.2, 0) is 54.4 Å². The molecule has 56 heavy (non-hydrogen) atoms. The van der Waals surface area contributed by atoms with Crippen molar-refractivity contribution in [1.82, 2.24) is 42.5 Å². The third kappa shape index (κ3) is 18.6. The number of carboxylic acids is 2. The van der Waals surface area contributed by atoms with Gasteiger partial charge in [-0.2, -0.15) is 11.8 Å². The fraction of sp³-hybridized carbons (Fsp3) is 0.500. The lowest BCUT2D eigenvalue weighted by Crippen LogP contribution is -2.58. The molecule has 13 N–H and O–H groups in total. The summed E-state index contributed by atoms with van der Waals surface area (Å²) in [5, 5.41) is 46.2. The van der Waals surface area contributed by atoms with Crippen LogP contribution in [0, 0.1) is 0 Å². The van der Waals surface area contributed by atoms with E-state index < -0.39 is 116 Å². The van der Waals surface area contributed by atoms with Gasteiger partial charge in [0.2, 0.25) is 47.3 Å². The Bertz CT molecular complexity index is 1600. The van der Waals surface area contributed by atoms with E-state index in [2.05, 4.69) is 37.2 Å². The number of hydrogen-bond acceptors (Lipinski definition) is 14. The highest BCUT2D eigenvalue weighted by molar-refractivity contribution is 8.00. The van der Waals surface area contributed by atoms with Gasteiger partial charge in [-0.25, -0.2) is 0 Å². The van der Waals surface area contributed by atoms with E-state index in [9.17, 15) is 58.2 Å². The Kier molecular flexibility index (Phi) is 20.5. The first-order valence-electron chi connectivity index (χ1n) is 16.9. The predicted molar refractivity (Wildman–Crippen MR) is 200 cm³/mol. The highest BCUT2D eigenvalue weighted by Crippen LogP contribution is 2.13. The number of nitrogens with two attached hydrogens (primary N) is 1. The van der Waals surface area contributed by atoms with Crippen LogP contribution in [0.15, 0.2) is 24.3 Å². The second kappa shape index (κ2) is 24.7. The van der Waals surface area contributed by atoms with E-state index in [1.165, 1.54) is 36.0 Å². The summed E-state index contributed by atoms with van der Waals surface area (Å²) in [6.45, 7) is -2.41. The Morgan fingerprint density at radius 2 is 1.39 bits per heavy atom. The molecule has 1 saturated heterocycles. The monoisotopic (exact) mass is 827 g/mol. The molecule has 8 amide bonds. The van der Waals surface area contributed by atoms with Crippen LogP contribution in [0.25, 0.3) is 0 Å². The Morgan fingerprint density at radius 1 is 0.768 bits per heavy atom. The molecule has 1 aliphatic heterocycles. The molecule has 4 atom stereocenters. The van der Waals surface area contributed by atoms with Crippen molar-refractivity contribution >= 4 is 82.7 Å². The van der Waals surface area contributed by atoms with Crippen molar-refractivity contribution < 1.29 is 63.3 Å². The van der Waals surface area contributed by atoms with Crippen LogP contribution in [0.5, 0.6) is 5.75 Å². The maximum absolute atomic E-state index is 13.6. The van der Waals surface area contributed by atoms with Gasteiger partial charge in [0.05, 0.1) is 31.8 Å². The number of benzene rings is 1. The molecule has 0 radical (unpaired) electrons. The number of phenols is 1. The lowest BCUT2D eigenvalue weighted by molar-refractivity contribution is -0.141. The summed E-state index contributed by atoms with van der Waals surface area (Å²) < 4.78 is 0. The van der Waals surface area contributed by atoms with Crippen molar-refractivity contribution in [3.63, 3.8) is 0 Å². The first-order valence-corrected chi connectivity index (χ1v) is 19.2. The van der Waals surface area contributed by atoms with Gasteiger partial charge in [-0.3, -0.25) is 47.9 Å². The SMILES string of the molecule is NCCCSC[C@@H]1NC(=O)[C@@H](Cc2ccc(O)cc2)NC(=O)CSC[C@@H](C(=O)NCC(=O)NCC(=O)NCC(=O)O)NC(=O)[C@H](CC(=O)O)NC(=O)CNC1=O. The fourth-order valence-corrected chi connectivity index (χ4v) is 6.43. The van der Waals surface area contributed by atoms with Crippen molar-refractivity contribution in [2.75, 3.05) is 55.7 Å². The molecule has 0 aliphatic carbocycles. The van der Waals surface area contributed by atoms with E-state index in [4.69, 9.17) is 10.8 Å². The van der Waals surface area contributed by atoms with Crippen molar-refractivity contribution in [2.45, 2.75) is 43.4 Å². The Morgan fingerprint density at radius 3 is 2.04 bits per heavy atom. The van der Waals surface area contributed by atoms with Crippen LogP contribution >= 0.6 is 23.5 Å². The summed E-state index contributed by atoms with van der Waals surface area (Å²) in [4.78, 5) is 125. The molecule has 1 heterocycles. The van der Waals surface area contributed by atoms with Gasteiger partial charge in [-0.05, 0) is 36.4 Å². The molecule has 1 aromatic rings. The molecule has 24 heteroatoms. The Balaban J connectivity index is 2.32. The van der Waals surface area contributed by atoms with E-state index in [-0.39, 0.29) is 29.4 Å². The third-order valence-corrected chi connectivity index (χ3v) is 9.53. The van der Waals surface area contributed by atoms with Gasteiger partial charge in [-0.15, -0.1) is 11.8 Å². The zero-order chi connectivity index (χ0) is 41.6. The minimum atomic E-state index is -1.75. The number of hydrogen-bond donors (Lipinski definition) is 12. The predicted octanol–water partition coefficient (Wildman–Crippen LogP) is -5.27. The van der Waals surface area contributed by atoms with E-state index in [0.29, 0.717) is 24.3 Å². The second-order valence-corrected chi connectivity index (χ2v) is 14.1. The van der Waals surface area contributed by atoms with Crippen molar-refractivity contribution in [2.24, 2.45) is 5.73 Å². The number of amides is 8. The minimum Gasteiger partial charge on any atom is -0.508 e. The van der Waals surface area contributed by atoms with Gasteiger partial charge in [0.15, 0.2) is 0 Å². The van der Waals surface area contributed by atoms with Crippen molar-refractivity contribution in [3.05, 3.63) is 29.8 Å². The second-order valence-electron chi connectivity index (χ2n) is 11.9. The smallest absolute Gasteiger partial charge is 0.322 e. The summed E-state index contributed by atoms with van der Waals surface area (Å²) >= 11 is 2.10. The van der Waals surface area contributed by atoms with Crippen LogP contribution in [0.3, 0.4) is 0 Å². The molecule has 1 aromatic carbocycles. The molecule has 0 spiro atoms. The Labute approximate surface area is 328 Å². The number of phenolic OH excluding ortho intramolecular Hbond substituents is 1. The fourth-order valence-electron chi connectivity index (χ4n) is 4.57. The van der Waals surface area contributed by atoms with Crippen LogP contribution < -0.4 is 48.3 Å². The van der Waals surface area contributed by atoms with Crippen LogP contribution in [0.2, 0.25) is 0 Å². The number of rotatable bonds is 16. The lowest BCUT2D eigenvalue weighted by Gasteiger charge is -2.25. The first-order chi connectivity index (χ1) is 26.6. The number of carbonyl (C=O) groups is 10. The standard InChI is InChI=1S/C32H45N9O13S2/c33-6-1-7-55-14-21-29(51)37-12-25(45)38-20(9-27(47)48)32(54)41-22(30(52)36-11-24(44)34-10-23(43)35-13-28(49)50)15-56-16-26(46)39-19(31(53)40-21)8-17-2-4-18(42)5-3-17/h2-5,19-22,42H,1,6-16,33H2,(H,34,44)(H,35,43)(H,36,52)(H,37,51)(H,38,45)(H,39,46)(H,40,53)(H,41,54)(H,47,48)(H,49,50)/t19-,20+,21+,22+/m1/s1. The first kappa shape index (κ1) is 46.5. The number of thioether (sulfide) groups is 2. The van der Waals surface area contributed by atoms with Gasteiger partial charge in [0.1, 0.15) is 36.5 Å². The number of carbonyl (C=O) groups excluding carboxylic acids is 8. The molecular formula is C32H45N9O13S2. The summed E-state index contributed by atoms with van der Waals surface area (Å²) in [6.07, 6.45) is -0.412. The third-order valence-electron chi connectivity index (χ3n) is 7.35. The maximum Gasteiger partial charge on any atom is 0.322 e. The number of nitrogens with one attached hydrogen (secondary N) is 8. The topological polar surface area (TPSA) is 354 Å². The summed E-state index contributed by atoms with van der Waals surface area (Å²) in [6, 6.07) is 0.0627. The average molecular weight is 828 g/mol. The molecule has 0 bridgehead atoms. The summed E-state index contributed by atoms with van der Waals surface area (Å²) in [5.74, 6) is -10.1. The van der Waals surface area contributed by atoms with E-state index in [0.717, 1.165) is 11.8 Å². The van der Waals surface area contributed by atoms with Crippen LogP contribution in [0.4, 0.5) is 0 Å². The van der Waals surface area contributed by atoms with E-state index in [1.807, 2.05) is 5.32 Å². The summed E-state index contributed by atoms with van der Waals surface area (Å²) in [7, 11) is 0. The molecule has 0 aromatic heterocycles. The minimum absolute atomic E-state index is 0.0420. The van der Waals surface area contributed by atoms with Crippen molar-refractivity contribution in [1.29, 1.82) is 0 Å². The zero-order valence-electron chi connectivity index (χ0n) is 29.9. The molecule has 1 fully saturated rings. The van der Waals surface area contributed by atoms with Gasteiger partial charge in [0, 0.05) is 17.9 Å². The quantitative estimate of drug-likeness (QED) is 0.0693. The van der Waals surface area contributed by atoms with E-state index in [1.54, 1.807) is 0 Å². The molecule has 1 aliphatic rings. The molecule has 22 nitrogen and oxygen atoms in total. The van der Waals surface area contributed by atoms with E-state index >= 15 is 0 Å². The average Bonchev–Trinajstić information content (AvgIpc) is 3.14. The molecular weight excluding hydrogens is 783 g/mol. The molecule has 308 valence electrons. The number of aromatic hydroxyl groups is 1. The highest BCUT2D eigenvalue weighted by Gasteiger charge is 2.31. The number of carboxylic acid groups (broad SMARTS) is 2. The Hall–Kier alpha value is -5.62. The molecule has 0 saturated carbocycles. The van der Waals surface area contributed by atoms with Crippen LogP contribution in [0.1, 0.15) is 18.4 Å². The largest absolute Gasteiger partial charge is 0.508 e. The summed E-state index contributed by atoms with van der Waals surface area (Å²) in [5.41, 5.74) is 6.09. The zero-order valence-corrected chi connectivity index (χ0v) is 31.6. The van der Waals surface area contributed by atoms with Crippen molar-refractivity contribution in [3.8, 4) is 5.75 Å². The normalized spacial score (nSPS) is 20.0. The molecule has 0 unspecified atom stereocenters. The maximum atomic E-state index is 13.6. The number of aliphatic carboxylic acids is 2. The highest BCUT2D eigenvalue weighted by atomic mass is 32.2. The lowest BCUT2D eigenvalue weighted by atomic mass is 10.0. The van der Waals surface area contributed by atoms with Gasteiger partial charge in [0.25, 0.3) is 0 Å². The molecule has 2 rings (SSSR count).